The first-order valence-electron chi connectivity index (χ1n) is 6.03. The first-order chi connectivity index (χ1) is 9.56. The molecule has 2 N–H and O–H groups in total. The van der Waals surface area contributed by atoms with Crippen molar-refractivity contribution in [3.8, 4) is 0 Å². The van der Waals surface area contributed by atoms with E-state index in [4.69, 9.17) is 4.74 Å². The quantitative estimate of drug-likeness (QED) is 0.820. The summed E-state index contributed by atoms with van der Waals surface area (Å²) >= 11 is 3.35. The van der Waals surface area contributed by atoms with Gasteiger partial charge in [0.15, 0.2) is 0 Å². The van der Waals surface area contributed by atoms with Crippen LogP contribution in [0.5, 0.6) is 0 Å². The van der Waals surface area contributed by atoms with E-state index in [1.165, 1.54) is 12.1 Å². The molecule has 0 aliphatic rings. The molecule has 20 heavy (non-hydrogen) atoms. The van der Waals surface area contributed by atoms with Crippen molar-refractivity contribution in [3.05, 3.63) is 63.9 Å². The Labute approximate surface area is 125 Å². The van der Waals surface area contributed by atoms with E-state index in [1.54, 1.807) is 0 Å². The van der Waals surface area contributed by atoms with Gasteiger partial charge in [0.25, 0.3) is 0 Å². The zero-order valence-corrected chi connectivity index (χ0v) is 12.2. The van der Waals surface area contributed by atoms with Crippen molar-refractivity contribution in [1.82, 2.24) is 0 Å². The Hall–Kier alpha value is -1.21. The lowest BCUT2D eigenvalue weighted by Gasteiger charge is -2.10. The van der Waals surface area contributed by atoms with Crippen molar-refractivity contribution in [2.75, 3.05) is 0 Å². The molecule has 0 aliphatic heterocycles. The van der Waals surface area contributed by atoms with Crippen LogP contribution in [0.4, 0.5) is 4.39 Å². The van der Waals surface area contributed by atoms with Crippen LogP contribution in [0.1, 0.15) is 11.1 Å². The molecular formula is C14H13BBrFO3. The topological polar surface area (TPSA) is 49.7 Å². The lowest BCUT2D eigenvalue weighted by Crippen LogP contribution is -2.33. The van der Waals surface area contributed by atoms with E-state index in [9.17, 15) is 14.4 Å². The Morgan fingerprint density at radius 1 is 1.05 bits per heavy atom. The fraction of sp³-hybridized carbons (Fsp3) is 0.143. The minimum Gasteiger partial charge on any atom is -0.423 e. The summed E-state index contributed by atoms with van der Waals surface area (Å²) in [7, 11) is -1.71. The minimum absolute atomic E-state index is 0.126. The summed E-state index contributed by atoms with van der Waals surface area (Å²) in [6.07, 6.45) is 0. The maximum atomic E-state index is 13.1. The first-order valence-corrected chi connectivity index (χ1v) is 6.82. The third-order valence-electron chi connectivity index (χ3n) is 2.83. The molecule has 0 aromatic heterocycles. The van der Waals surface area contributed by atoms with Gasteiger partial charge in [-0.25, -0.2) is 4.39 Å². The van der Waals surface area contributed by atoms with Crippen molar-refractivity contribution in [3.63, 3.8) is 0 Å². The standard InChI is InChI=1S/C14H13BBrFO3/c16-12-4-1-10(2-5-12)8-20-9-11-3-6-13(17)7-14(11)15(18)19/h1-7,18-19H,8-9H2. The van der Waals surface area contributed by atoms with E-state index >= 15 is 0 Å². The van der Waals surface area contributed by atoms with Crippen molar-refractivity contribution < 1.29 is 19.2 Å². The molecule has 0 amide bonds. The molecule has 0 radical (unpaired) electrons. The van der Waals surface area contributed by atoms with Crippen LogP contribution in [-0.4, -0.2) is 17.2 Å². The molecule has 0 saturated carbocycles. The molecule has 6 heteroatoms. The predicted octanol–water partition coefficient (Wildman–Crippen LogP) is 1.98. The van der Waals surface area contributed by atoms with Crippen LogP contribution in [0, 0.1) is 5.82 Å². The Kier molecular flexibility index (Phi) is 5.31. The molecule has 0 atom stereocenters. The Balaban J connectivity index is 1.99. The first kappa shape index (κ1) is 15.2. The van der Waals surface area contributed by atoms with Crippen LogP contribution >= 0.6 is 15.9 Å². The second kappa shape index (κ2) is 6.99. The number of ether oxygens (including phenoxy) is 1. The largest absolute Gasteiger partial charge is 0.488 e. The molecule has 0 spiro atoms. The Morgan fingerprint density at radius 2 is 1.75 bits per heavy atom. The van der Waals surface area contributed by atoms with E-state index < -0.39 is 12.9 Å². The van der Waals surface area contributed by atoms with Crippen LogP contribution < -0.4 is 5.46 Å². The molecule has 2 rings (SSSR count). The summed E-state index contributed by atoms with van der Waals surface area (Å²) in [5, 5.41) is 18.4. The maximum Gasteiger partial charge on any atom is 0.488 e. The highest BCUT2D eigenvalue weighted by molar-refractivity contribution is 9.10. The molecule has 0 bridgehead atoms. The zero-order chi connectivity index (χ0) is 14.5. The molecule has 2 aromatic rings. The molecule has 0 fully saturated rings. The average Bonchev–Trinajstić information content (AvgIpc) is 2.42. The van der Waals surface area contributed by atoms with Crippen molar-refractivity contribution >= 4 is 28.5 Å². The molecule has 104 valence electrons. The monoisotopic (exact) mass is 338 g/mol. The van der Waals surface area contributed by atoms with E-state index in [0.29, 0.717) is 12.2 Å². The number of hydrogen-bond donors (Lipinski definition) is 2. The van der Waals surface area contributed by atoms with E-state index in [-0.39, 0.29) is 12.1 Å². The summed E-state index contributed by atoms with van der Waals surface area (Å²) in [6, 6.07) is 11.5. The van der Waals surface area contributed by atoms with Crippen LogP contribution in [0.25, 0.3) is 0 Å². The minimum atomic E-state index is -1.71. The van der Waals surface area contributed by atoms with Crippen molar-refractivity contribution in [2.24, 2.45) is 0 Å². The number of benzene rings is 2. The van der Waals surface area contributed by atoms with Gasteiger partial charge >= 0.3 is 7.12 Å². The predicted molar refractivity (Wildman–Crippen MR) is 78.9 cm³/mol. The van der Waals surface area contributed by atoms with Crippen LogP contribution in [0.15, 0.2) is 46.9 Å². The molecule has 0 heterocycles. The summed E-state index contributed by atoms with van der Waals surface area (Å²) in [5.41, 5.74) is 1.68. The van der Waals surface area contributed by atoms with Crippen LogP contribution in [0.2, 0.25) is 0 Å². The number of rotatable bonds is 5. The highest BCUT2D eigenvalue weighted by Crippen LogP contribution is 2.12. The third kappa shape index (κ3) is 4.14. The number of halogens is 2. The smallest absolute Gasteiger partial charge is 0.423 e. The van der Waals surface area contributed by atoms with Crippen molar-refractivity contribution in [2.45, 2.75) is 13.2 Å². The fourth-order valence-electron chi connectivity index (χ4n) is 1.80. The van der Waals surface area contributed by atoms with Gasteiger partial charge in [-0.3, -0.25) is 0 Å². The lowest BCUT2D eigenvalue weighted by molar-refractivity contribution is 0.107. The highest BCUT2D eigenvalue weighted by Gasteiger charge is 2.16. The van der Waals surface area contributed by atoms with Gasteiger partial charge in [0.2, 0.25) is 0 Å². The summed E-state index contributed by atoms with van der Waals surface area (Å²) < 4.78 is 19.6. The van der Waals surface area contributed by atoms with E-state index in [0.717, 1.165) is 16.1 Å². The summed E-state index contributed by atoms with van der Waals surface area (Å²) in [5.74, 6) is -0.509. The van der Waals surface area contributed by atoms with Gasteiger partial charge in [-0.15, -0.1) is 0 Å². The lowest BCUT2D eigenvalue weighted by atomic mass is 9.77. The van der Waals surface area contributed by atoms with Gasteiger partial charge < -0.3 is 14.8 Å². The van der Waals surface area contributed by atoms with Crippen LogP contribution in [0.3, 0.4) is 0 Å². The van der Waals surface area contributed by atoms with Gasteiger partial charge in [0.1, 0.15) is 5.82 Å². The Bertz CT molecular complexity index is 575. The normalized spacial score (nSPS) is 10.6. The second-order valence-corrected chi connectivity index (χ2v) is 5.25. The van der Waals surface area contributed by atoms with Gasteiger partial charge in [-0.05, 0) is 40.9 Å². The van der Waals surface area contributed by atoms with E-state index in [1.807, 2.05) is 24.3 Å². The molecule has 2 aromatic carbocycles. The highest BCUT2D eigenvalue weighted by atomic mass is 79.9. The number of hydrogen-bond acceptors (Lipinski definition) is 3. The molecule has 0 unspecified atom stereocenters. The van der Waals surface area contributed by atoms with Gasteiger partial charge in [-0.2, -0.15) is 0 Å². The zero-order valence-electron chi connectivity index (χ0n) is 10.6. The average molecular weight is 339 g/mol. The van der Waals surface area contributed by atoms with E-state index in [2.05, 4.69) is 15.9 Å². The molecule has 0 aliphatic carbocycles. The molecule has 3 nitrogen and oxygen atoms in total. The summed E-state index contributed by atoms with van der Waals surface area (Å²) in [4.78, 5) is 0. The van der Waals surface area contributed by atoms with Gasteiger partial charge in [-0.1, -0.05) is 34.1 Å². The van der Waals surface area contributed by atoms with Crippen molar-refractivity contribution in [1.29, 1.82) is 0 Å². The Morgan fingerprint density at radius 3 is 2.40 bits per heavy atom. The van der Waals surface area contributed by atoms with Crippen LogP contribution in [-0.2, 0) is 18.0 Å². The third-order valence-corrected chi connectivity index (χ3v) is 3.35. The fourth-order valence-corrected chi connectivity index (χ4v) is 2.06. The molecular weight excluding hydrogens is 326 g/mol. The summed E-state index contributed by atoms with van der Waals surface area (Å²) in [6.45, 7) is 0.578. The van der Waals surface area contributed by atoms with Gasteiger partial charge in [0.05, 0.1) is 13.2 Å². The maximum absolute atomic E-state index is 13.1. The molecule has 0 saturated heterocycles. The second-order valence-electron chi connectivity index (χ2n) is 4.34. The SMILES string of the molecule is OB(O)c1cc(F)ccc1COCc1ccc(Br)cc1. The van der Waals surface area contributed by atoms with Gasteiger partial charge in [0, 0.05) is 4.47 Å².